The van der Waals surface area contributed by atoms with Crippen molar-refractivity contribution in [3.8, 4) is 0 Å². The van der Waals surface area contributed by atoms with Gasteiger partial charge >= 0.3 is 32.8 Å². The summed E-state index contributed by atoms with van der Waals surface area (Å²) < 4.78 is 0. The molecular formula is H12INiO6. The van der Waals surface area contributed by atoms with E-state index < -0.39 is 0 Å². The molecule has 12 N–H and O–H groups in total. The molecular weight excluding hydrogens is 282 g/mol. The van der Waals surface area contributed by atoms with E-state index in [1.54, 1.807) is 20.5 Å². The molecule has 65 valence electrons. The predicted molar refractivity (Wildman–Crippen MR) is 35.7 cm³/mol. The van der Waals surface area contributed by atoms with Crippen LogP contribution in [0.4, 0.5) is 0 Å². The molecule has 8 heteroatoms. The van der Waals surface area contributed by atoms with Gasteiger partial charge in [0.05, 0.1) is 0 Å². The van der Waals surface area contributed by atoms with Gasteiger partial charge in [0.1, 0.15) is 0 Å². The maximum absolute atomic E-state index is 3.84. The van der Waals surface area contributed by atoms with Crippen LogP contribution in [-0.4, -0.2) is 32.9 Å². The third-order valence-electron chi connectivity index (χ3n) is 0. The van der Waals surface area contributed by atoms with Crippen LogP contribution >= 0.6 is 20.5 Å². The van der Waals surface area contributed by atoms with Crippen molar-refractivity contribution in [3.05, 3.63) is 0 Å². The summed E-state index contributed by atoms with van der Waals surface area (Å²) >= 11 is 5.62. The molecule has 6 nitrogen and oxygen atoms in total. The molecule has 0 fully saturated rings. The zero-order valence-electron chi connectivity index (χ0n) is 3.69. The van der Waals surface area contributed by atoms with Crippen molar-refractivity contribution in [3.63, 3.8) is 0 Å². The summed E-state index contributed by atoms with van der Waals surface area (Å²) in [5, 5.41) is 0. The summed E-state index contributed by atoms with van der Waals surface area (Å²) in [4.78, 5) is 0. The van der Waals surface area contributed by atoms with E-state index in [0.717, 1.165) is 0 Å². The Morgan fingerprint density at radius 3 is 0.500 bits per heavy atom. The number of hydrogen-bond donors (Lipinski definition) is 0. The minimum atomic E-state index is 0. The molecule has 0 heterocycles. The Morgan fingerprint density at radius 2 is 0.500 bits per heavy atom. The van der Waals surface area contributed by atoms with Crippen molar-refractivity contribution in [2.45, 2.75) is 0 Å². The summed E-state index contributed by atoms with van der Waals surface area (Å²) in [7, 11) is 0. The van der Waals surface area contributed by atoms with Crippen LogP contribution < -0.4 is 0 Å². The molecule has 0 aliphatic carbocycles. The molecule has 0 saturated heterocycles. The van der Waals surface area contributed by atoms with Crippen LogP contribution in [0.5, 0.6) is 0 Å². The number of rotatable bonds is 0. The number of halogens is 1. The van der Waals surface area contributed by atoms with E-state index in [2.05, 4.69) is 12.3 Å². The average Bonchev–Trinajstić information content (AvgIpc) is 1.00. The van der Waals surface area contributed by atoms with Crippen molar-refractivity contribution < 1.29 is 45.1 Å². The fourth-order valence-electron chi connectivity index (χ4n) is 0. The van der Waals surface area contributed by atoms with Gasteiger partial charge in [-0.05, 0) is 0 Å². The Hall–Kier alpha value is 0.984. The van der Waals surface area contributed by atoms with E-state index in [4.69, 9.17) is 0 Å². The first kappa shape index (κ1) is 146. The molecule has 0 unspecified atom stereocenters. The van der Waals surface area contributed by atoms with Crippen molar-refractivity contribution >= 4 is 20.5 Å². The van der Waals surface area contributed by atoms with Crippen LogP contribution in [0.15, 0.2) is 0 Å². The SMILES string of the molecule is O.O.O.O.O.O.[Ni][I]. The quantitative estimate of drug-likeness (QED) is 0.310. The van der Waals surface area contributed by atoms with Gasteiger partial charge in [-0.2, -0.15) is 0 Å². The van der Waals surface area contributed by atoms with Gasteiger partial charge < -0.3 is 32.9 Å². The summed E-state index contributed by atoms with van der Waals surface area (Å²) in [6, 6.07) is 0. The molecule has 0 aliphatic heterocycles. The van der Waals surface area contributed by atoms with Crippen LogP contribution in [0.2, 0.25) is 0 Å². The summed E-state index contributed by atoms with van der Waals surface area (Å²) in [5.74, 6) is 0. The molecule has 0 spiro atoms. The first-order valence-electron chi connectivity index (χ1n) is 0.120. The van der Waals surface area contributed by atoms with Gasteiger partial charge in [-0.25, -0.2) is 0 Å². The summed E-state index contributed by atoms with van der Waals surface area (Å²) in [5.41, 5.74) is 0. The predicted octanol–water partition coefficient (Wildman–Crippen LogP) is -4.06. The van der Waals surface area contributed by atoms with E-state index in [1.165, 1.54) is 0 Å². The Balaban J connectivity index is -0.000000000333. The van der Waals surface area contributed by atoms with Gasteiger partial charge in [-0.3, -0.25) is 0 Å². The molecule has 0 amide bonds. The molecule has 0 aromatic rings. The van der Waals surface area contributed by atoms with E-state index in [9.17, 15) is 0 Å². The molecule has 0 bridgehead atoms. The third kappa shape index (κ3) is 258. The molecule has 0 atom stereocenters. The second kappa shape index (κ2) is 403. The van der Waals surface area contributed by atoms with Gasteiger partial charge in [0.25, 0.3) is 0 Å². The van der Waals surface area contributed by atoms with Gasteiger partial charge in [0, 0.05) is 0 Å². The van der Waals surface area contributed by atoms with E-state index in [1.807, 2.05) is 0 Å². The standard InChI is InChI=1S/HI.Ni.6H2O/h1H;;6*1H2/q;+1;;;;;;/p-1. The molecule has 0 aliphatic rings. The van der Waals surface area contributed by atoms with Crippen molar-refractivity contribution in [2.75, 3.05) is 0 Å². The zero-order valence-corrected chi connectivity index (χ0v) is 6.84. The minimum absolute atomic E-state index is 0. The van der Waals surface area contributed by atoms with Crippen LogP contribution in [0.3, 0.4) is 0 Å². The molecule has 0 radical (unpaired) electrons. The van der Waals surface area contributed by atoms with Gasteiger partial charge in [0.15, 0.2) is 0 Å². The topological polar surface area (TPSA) is 189 Å². The molecule has 8 heavy (non-hydrogen) atoms. The second-order valence-electron chi connectivity index (χ2n) is 0. The molecule has 0 aromatic heterocycles. The van der Waals surface area contributed by atoms with Crippen molar-refractivity contribution in [1.29, 1.82) is 0 Å². The normalized spacial score (nSPS) is 0.875. The summed E-state index contributed by atoms with van der Waals surface area (Å²) in [6.45, 7) is 0. The Kier molecular flexibility index (Phi) is 7320. The Bertz CT molecular complexity index is 8.49. The summed E-state index contributed by atoms with van der Waals surface area (Å²) in [6.07, 6.45) is 0. The van der Waals surface area contributed by atoms with E-state index in [0.29, 0.717) is 0 Å². The van der Waals surface area contributed by atoms with E-state index in [-0.39, 0.29) is 32.9 Å². The fraction of sp³-hybridized carbons (Fsp3) is 0. The van der Waals surface area contributed by atoms with Crippen LogP contribution in [0.1, 0.15) is 0 Å². The first-order chi connectivity index (χ1) is 1.00. The van der Waals surface area contributed by atoms with Gasteiger partial charge in [-0.1, -0.05) is 0 Å². The van der Waals surface area contributed by atoms with Crippen molar-refractivity contribution in [1.82, 2.24) is 0 Å². The molecule has 0 aromatic carbocycles. The molecule has 0 saturated carbocycles. The zero-order chi connectivity index (χ0) is 2.00. The first-order valence-corrected chi connectivity index (χ1v) is 3.31. The third-order valence-corrected chi connectivity index (χ3v) is 0. The average molecular weight is 294 g/mol. The Morgan fingerprint density at radius 1 is 0.500 bits per heavy atom. The monoisotopic (exact) mass is 293 g/mol. The van der Waals surface area contributed by atoms with Gasteiger partial charge in [-0.15, -0.1) is 0 Å². The fourth-order valence-corrected chi connectivity index (χ4v) is 0. The second-order valence-corrected chi connectivity index (χ2v) is 0. The van der Waals surface area contributed by atoms with Crippen molar-refractivity contribution in [2.24, 2.45) is 0 Å². The van der Waals surface area contributed by atoms with Gasteiger partial charge in [0.2, 0.25) is 0 Å². The number of hydrogen-bond acceptors (Lipinski definition) is 0. The van der Waals surface area contributed by atoms with Crippen LogP contribution in [0.25, 0.3) is 0 Å². The van der Waals surface area contributed by atoms with Crippen LogP contribution in [-0.2, 0) is 12.3 Å². The van der Waals surface area contributed by atoms with Crippen LogP contribution in [0, 0.1) is 0 Å². The maximum atomic E-state index is 3.84. The van der Waals surface area contributed by atoms with E-state index >= 15 is 0 Å². The molecule has 0 rings (SSSR count). The Labute approximate surface area is 65.7 Å².